The lowest BCUT2D eigenvalue weighted by molar-refractivity contribution is 0.0572. The van der Waals surface area contributed by atoms with Crippen molar-refractivity contribution in [3.63, 3.8) is 0 Å². The first-order valence-corrected chi connectivity index (χ1v) is 43.2. The highest BCUT2D eigenvalue weighted by Crippen LogP contribution is 2.43. The SMILES string of the molecule is CCO[C@H]1Cc2ccccc2C1Nc1c(C)nc(-c2ccc(Cl)cc2Cl)n(C)c1=O.CCO[C@H]1Cc2ccccc2C1Nc1c(C)nc(-c2ccc(N(C)C)cc2Cl)n(C)c1=O.CCO[C@H]1Cc2ccccc2C1Nc1c(C)nc(-c2ccc(OC)cc2C)n(C)c1=O.CCO[C@H]1Cc2ccccc2C1Nc1c(C)nc(-c2ccc(OC)cc2Cl)n(C)c1=O. The van der Waals surface area contributed by atoms with E-state index in [2.05, 4.69) is 69.8 Å². The van der Waals surface area contributed by atoms with Crippen molar-refractivity contribution >= 4 is 74.8 Å². The predicted molar refractivity (Wildman–Crippen MR) is 499 cm³/mol. The number of ether oxygens (including phenoxy) is 6. The van der Waals surface area contributed by atoms with Crippen LogP contribution in [0.2, 0.25) is 20.1 Å². The molecule has 0 amide bonds. The molecule has 648 valence electrons. The van der Waals surface area contributed by atoms with Crippen molar-refractivity contribution in [2.75, 3.05) is 80.9 Å². The first-order chi connectivity index (χ1) is 59.6. The normalized spacial score (nSPS) is 17.5. The number of aryl methyl sites for hydroxylation is 5. The molecular formula is C97H107Cl4N13O10. The molecule has 16 rings (SSSR count). The number of hydrogen-bond acceptors (Lipinski definition) is 19. The summed E-state index contributed by atoms with van der Waals surface area (Å²) < 4.78 is 40.7. The zero-order valence-corrected chi connectivity index (χ0v) is 76.1. The number of fused-ring (bicyclic) bond motifs is 4. The third-order valence-corrected chi connectivity index (χ3v) is 24.5. The van der Waals surface area contributed by atoms with E-state index in [1.807, 2.05) is 172 Å². The quantitative estimate of drug-likeness (QED) is 0.0465. The third kappa shape index (κ3) is 19.1. The van der Waals surface area contributed by atoms with Crippen molar-refractivity contribution in [1.29, 1.82) is 0 Å². The lowest BCUT2D eigenvalue weighted by atomic mass is 10.1. The zero-order chi connectivity index (χ0) is 88.6. The van der Waals surface area contributed by atoms with Crippen molar-refractivity contribution in [3.8, 4) is 57.1 Å². The van der Waals surface area contributed by atoms with Crippen LogP contribution in [-0.2, 0) is 72.8 Å². The summed E-state index contributed by atoms with van der Waals surface area (Å²) >= 11 is 25.4. The largest absolute Gasteiger partial charge is 0.497 e. The van der Waals surface area contributed by atoms with Gasteiger partial charge in [0, 0.05) is 127 Å². The Morgan fingerprint density at radius 2 is 0.637 bits per heavy atom. The van der Waals surface area contributed by atoms with Crippen LogP contribution in [0.1, 0.15) is 125 Å². The summed E-state index contributed by atoms with van der Waals surface area (Å²) in [5.41, 5.74) is 18.5. The number of hydrogen-bond donors (Lipinski definition) is 4. The second-order valence-corrected chi connectivity index (χ2v) is 33.0. The Labute approximate surface area is 743 Å². The number of halogens is 4. The van der Waals surface area contributed by atoms with Crippen LogP contribution in [0.3, 0.4) is 0 Å². The van der Waals surface area contributed by atoms with Gasteiger partial charge in [-0.2, -0.15) is 0 Å². The Hall–Kier alpha value is -11.1. The van der Waals surface area contributed by atoms with Crippen molar-refractivity contribution in [2.24, 2.45) is 28.2 Å². The van der Waals surface area contributed by atoms with Crippen molar-refractivity contribution in [2.45, 2.75) is 137 Å². The molecule has 0 aliphatic heterocycles. The van der Waals surface area contributed by atoms with Crippen LogP contribution in [0, 0.1) is 34.6 Å². The second kappa shape index (κ2) is 39.8. The molecule has 0 radical (unpaired) electrons. The summed E-state index contributed by atoms with van der Waals surface area (Å²) in [6.07, 6.45) is 3.15. The lowest BCUT2D eigenvalue weighted by Crippen LogP contribution is -2.31. The maximum absolute atomic E-state index is 13.4. The number of aromatic nitrogens is 8. The molecule has 4 aromatic heterocycles. The molecule has 4 aliphatic carbocycles. The van der Waals surface area contributed by atoms with E-state index in [1.165, 1.54) is 42.5 Å². The minimum absolute atomic E-state index is 0.0185. The first-order valence-electron chi connectivity index (χ1n) is 41.7. The van der Waals surface area contributed by atoms with Crippen LogP contribution in [-0.4, -0.2) is 117 Å². The fourth-order valence-electron chi connectivity index (χ4n) is 16.9. The fraction of sp³-hybridized carbons (Fsp3) is 0.340. The van der Waals surface area contributed by atoms with E-state index in [0.29, 0.717) is 132 Å². The Morgan fingerprint density at radius 1 is 0.363 bits per heavy atom. The van der Waals surface area contributed by atoms with E-state index in [4.69, 9.17) is 94.8 Å². The maximum atomic E-state index is 13.4. The van der Waals surface area contributed by atoms with Gasteiger partial charge in [-0.25, -0.2) is 19.9 Å². The van der Waals surface area contributed by atoms with Gasteiger partial charge in [-0.1, -0.05) is 143 Å². The number of nitrogens with one attached hydrogen (secondary N) is 4. The predicted octanol–water partition coefficient (Wildman–Crippen LogP) is 18.5. The molecule has 4 aliphatic rings. The molecule has 4 unspecified atom stereocenters. The molecule has 0 saturated carbocycles. The van der Waals surface area contributed by atoms with Gasteiger partial charge in [0.05, 0.1) is 101 Å². The molecule has 27 heteroatoms. The van der Waals surface area contributed by atoms with E-state index < -0.39 is 0 Å². The van der Waals surface area contributed by atoms with Crippen LogP contribution in [0.5, 0.6) is 11.5 Å². The van der Waals surface area contributed by atoms with Crippen LogP contribution >= 0.6 is 46.4 Å². The van der Waals surface area contributed by atoms with Gasteiger partial charge in [-0.15, -0.1) is 0 Å². The average Bonchev–Trinajstić information content (AvgIpc) is 1.17. The fourth-order valence-corrected chi connectivity index (χ4v) is 17.9. The Morgan fingerprint density at radius 3 is 0.919 bits per heavy atom. The summed E-state index contributed by atoms with van der Waals surface area (Å²) in [6, 6.07) is 54.7. The molecule has 4 N–H and O–H groups in total. The molecule has 4 heterocycles. The lowest BCUT2D eigenvalue weighted by Gasteiger charge is -2.24. The maximum Gasteiger partial charge on any atom is 0.277 e. The van der Waals surface area contributed by atoms with E-state index >= 15 is 0 Å². The van der Waals surface area contributed by atoms with Gasteiger partial charge in [0.1, 0.15) is 57.5 Å². The Kier molecular flexibility index (Phi) is 29.1. The standard InChI is InChI=1S/C25H29ClN4O2.C25H29N3O3.C24H26ClN3O3.C23H23Cl2N3O2/c1-6-32-21-13-16-9-7-8-10-18(16)23(21)28-22-15(2)27-24(30(5)25(22)31)19-12-11-17(29(3)4)14-20(19)26;1-6-31-21-14-17-9-7-8-10-20(17)23(21)27-22-16(3)26-24(28(4)25(22)29)19-12-11-18(30-5)13-15(19)2;1-5-31-20-12-15-8-6-7-9-17(15)22(20)27-21-14(2)26-23(28(3)24(21)29)18-11-10-16(30-4)13-19(18)25;1-4-30-19-11-14-7-5-6-8-16(14)21(19)27-20-13(2)26-22(28(3)23(20)29)17-10-9-15(24)12-18(17)25/h7-12,14,21,23,28H,6,13H2,1-5H3;7-13,21,23,27H,6,14H2,1-5H3;6-11,13,20,22,27H,5,12H2,1-4H3;5-10,12,19,21,27H,4,11H2,1-3H3/t2*21-,23?;20-,22?;19-,21?/m0000/s1. The summed E-state index contributed by atoms with van der Waals surface area (Å²) in [5.74, 6) is 3.62. The van der Waals surface area contributed by atoms with Crippen LogP contribution in [0.15, 0.2) is 189 Å². The van der Waals surface area contributed by atoms with Crippen LogP contribution in [0.25, 0.3) is 45.6 Å². The van der Waals surface area contributed by atoms with E-state index in [0.717, 1.165) is 64.9 Å². The van der Waals surface area contributed by atoms with Gasteiger partial charge in [0.15, 0.2) is 0 Å². The minimum Gasteiger partial charge on any atom is -0.497 e. The second-order valence-electron chi connectivity index (χ2n) is 31.3. The van der Waals surface area contributed by atoms with Crippen LogP contribution in [0.4, 0.5) is 28.4 Å². The van der Waals surface area contributed by atoms with Gasteiger partial charge < -0.3 is 54.6 Å². The van der Waals surface area contributed by atoms with Gasteiger partial charge in [0.25, 0.3) is 22.2 Å². The minimum atomic E-state index is -0.164. The molecule has 124 heavy (non-hydrogen) atoms. The van der Waals surface area contributed by atoms with Gasteiger partial charge >= 0.3 is 0 Å². The average molecular weight is 1760 g/mol. The monoisotopic (exact) mass is 1750 g/mol. The zero-order valence-electron chi connectivity index (χ0n) is 73.1. The topological polar surface area (TPSA) is 246 Å². The van der Waals surface area contributed by atoms with E-state index in [9.17, 15) is 19.2 Å². The summed E-state index contributed by atoms with van der Waals surface area (Å²) in [5, 5.41) is 15.8. The number of benzene rings is 8. The number of rotatable bonds is 23. The van der Waals surface area contributed by atoms with Crippen molar-refractivity contribution in [1.82, 2.24) is 38.2 Å². The molecule has 8 aromatic carbocycles. The molecule has 23 nitrogen and oxygen atoms in total. The highest BCUT2D eigenvalue weighted by molar-refractivity contribution is 6.36. The van der Waals surface area contributed by atoms with Gasteiger partial charge in [-0.3, -0.25) is 37.4 Å². The highest BCUT2D eigenvalue weighted by atomic mass is 35.5. The Balaban J connectivity index is 0.000000142. The summed E-state index contributed by atoms with van der Waals surface area (Å²) in [6.45, 7) is 19.8. The third-order valence-electron chi connectivity index (χ3n) is 23.3. The summed E-state index contributed by atoms with van der Waals surface area (Å²) in [7, 11) is 14.0. The number of anilines is 5. The van der Waals surface area contributed by atoms with Crippen LogP contribution < -0.4 is 57.9 Å². The molecule has 0 bridgehead atoms. The van der Waals surface area contributed by atoms with Crippen molar-refractivity contribution in [3.05, 3.63) is 304 Å². The van der Waals surface area contributed by atoms with E-state index in [1.54, 1.807) is 81.9 Å². The molecule has 0 saturated heterocycles. The number of methoxy groups -OCH3 is 2. The molecule has 0 spiro atoms. The highest BCUT2D eigenvalue weighted by Gasteiger charge is 2.39. The van der Waals surface area contributed by atoms with E-state index in [-0.39, 0.29) is 70.8 Å². The molecule has 0 fully saturated rings. The van der Waals surface area contributed by atoms with Crippen molar-refractivity contribution < 1.29 is 28.4 Å². The molecule has 8 atom stereocenters. The Bertz CT molecular complexity index is 6010. The summed E-state index contributed by atoms with van der Waals surface area (Å²) in [4.78, 5) is 74.4. The number of nitrogens with zero attached hydrogens (tertiary/aromatic N) is 9. The van der Waals surface area contributed by atoms with Gasteiger partial charge in [-0.05, 0) is 185 Å². The molecule has 12 aromatic rings. The first kappa shape index (κ1) is 90.6. The molecular weight excluding hydrogens is 1650 g/mol. The van der Waals surface area contributed by atoms with Gasteiger partial charge in [0.2, 0.25) is 0 Å². The smallest absolute Gasteiger partial charge is 0.277 e.